The Kier molecular flexibility index (Phi) is 7.02. The molecular weight excluding hydrogens is 468 g/mol. The van der Waals surface area contributed by atoms with E-state index in [1.54, 1.807) is 24.3 Å². The number of hydrogen-bond acceptors (Lipinski definition) is 6. The van der Waals surface area contributed by atoms with Crippen molar-refractivity contribution in [3.8, 4) is 17.0 Å². The van der Waals surface area contributed by atoms with Gasteiger partial charge in [-0.2, -0.15) is 0 Å². The Morgan fingerprint density at radius 1 is 1.14 bits per heavy atom. The number of carbonyl (C=O) groups excluding carboxylic acids is 2. The number of nitrogens with zero attached hydrogens (tertiary/aromatic N) is 1. The van der Waals surface area contributed by atoms with Gasteiger partial charge in [0, 0.05) is 15.4 Å². The summed E-state index contributed by atoms with van der Waals surface area (Å²) in [5.41, 5.74) is 1.67. The largest absolute Gasteiger partial charge is 0.480 e. The van der Waals surface area contributed by atoms with Crippen LogP contribution in [0.4, 0.5) is 5.13 Å². The molecule has 2 aromatic carbocycles. The summed E-state index contributed by atoms with van der Waals surface area (Å²) in [5, 5.41) is 5.24. The van der Waals surface area contributed by atoms with Gasteiger partial charge in [-0.15, -0.1) is 11.3 Å². The molecule has 0 fully saturated rings. The number of esters is 1. The highest BCUT2D eigenvalue weighted by Crippen LogP contribution is 2.27. The molecule has 1 amide bonds. The number of hydrogen-bond donors (Lipinski definition) is 1. The summed E-state index contributed by atoms with van der Waals surface area (Å²) >= 11 is 10.6. The summed E-state index contributed by atoms with van der Waals surface area (Å²) in [4.78, 5) is 28.0. The first-order valence-electron chi connectivity index (χ1n) is 8.05. The summed E-state index contributed by atoms with van der Waals surface area (Å²) < 4.78 is 11.1. The zero-order valence-corrected chi connectivity index (χ0v) is 17.5. The molecule has 28 heavy (non-hydrogen) atoms. The number of aromatic nitrogens is 1. The fourth-order valence-corrected chi connectivity index (χ4v) is 3.48. The molecule has 6 nitrogen and oxygen atoms in total. The fourth-order valence-electron chi connectivity index (χ4n) is 2.15. The zero-order chi connectivity index (χ0) is 19.9. The molecule has 1 aromatic heterocycles. The number of rotatable bonds is 7. The van der Waals surface area contributed by atoms with Crippen molar-refractivity contribution in [1.29, 1.82) is 0 Å². The van der Waals surface area contributed by atoms with Gasteiger partial charge in [-0.25, -0.2) is 9.78 Å². The van der Waals surface area contributed by atoms with Crippen molar-refractivity contribution < 1.29 is 19.1 Å². The lowest BCUT2D eigenvalue weighted by atomic mass is 10.2. The van der Waals surface area contributed by atoms with Gasteiger partial charge in [-0.05, 0) is 24.3 Å². The molecule has 0 aliphatic carbocycles. The number of halogens is 2. The van der Waals surface area contributed by atoms with Crippen molar-refractivity contribution in [3.05, 3.63) is 63.4 Å². The Morgan fingerprint density at radius 3 is 2.75 bits per heavy atom. The smallest absolute Gasteiger partial charge is 0.344 e. The van der Waals surface area contributed by atoms with E-state index in [1.807, 2.05) is 29.6 Å². The highest BCUT2D eigenvalue weighted by molar-refractivity contribution is 9.10. The zero-order valence-electron chi connectivity index (χ0n) is 14.4. The molecule has 3 rings (SSSR count). The van der Waals surface area contributed by atoms with Crippen LogP contribution in [-0.4, -0.2) is 30.1 Å². The van der Waals surface area contributed by atoms with Crippen molar-refractivity contribution in [2.24, 2.45) is 0 Å². The summed E-state index contributed by atoms with van der Waals surface area (Å²) in [7, 11) is 0. The number of ether oxygens (including phenoxy) is 2. The van der Waals surface area contributed by atoms with E-state index in [0.29, 0.717) is 15.9 Å². The molecule has 0 atom stereocenters. The van der Waals surface area contributed by atoms with E-state index in [-0.39, 0.29) is 6.61 Å². The molecule has 0 radical (unpaired) electrons. The lowest BCUT2D eigenvalue weighted by Crippen LogP contribution is -2.23. The third-order valence-corrected chi connectivity index (χ3v) is 4.98. The minimum atomic E-state index is -0.677. The van der Waals surface area contributed by atoms with Crippen molar-refractivity contribution in [1.82, 2.24) is 4.98 Å². The maximum absolute atomic E-state index is 12.0. The molecule has 0 aliphatic rings. The van der Waals surface area contributed by atoms with Gasteiger partial charge < -0.3 is 9.47 Å². The maximum Gasteiger partial charge on any atom is 0.344 e. The van der Waals surface area contributed by atoms with Crippen LogP contribution < -0.4 is 10.1 Å². The molecule has 0 saturated carbocycles. The predicted octanol–water partition coefficient (Wildman–Crippen LogP) is 4.79. The van der Waals surface area contributed by atoms with Crippen LogP contribution in [0.25, 0.3) is 11.3 Å². The minimum absolute atomic E-state index is 0.346. The van der Waals surface area contributed by atoms with Gasteiger partial charge in [0.05, 0.1) is 10.7 Å². The first-order chi connectivity index (χ1) is 13.5. The number of benzene rings is 2. The Hall–Kier alpha value is -2.42. The van der Waals surface area contributed by atoms with Crippen LogP contribution in [0.3, 0.4) is 0 Å². The molecule has 0 bridgehead atoms. The summed E-state index contributed by atoms with van der Waals surface area (Å²) in [6.45, 7) is -0.780. The van der Waals surface area contributed by atoms with Crippen molar-refractivity contribution in [3.63, 3.8) is 0 Å². The maximum atomic E-state index is 12.0. The van der Waals surface area contributed by atoms with Crippen molar-refractivity contribution in [2.75, 3.05) is 18.5 Å². The third kappa shape index (κ3) is 5.79. The van der Waals surface area contributed by atoms with Crippen LogP contribution in [0.2, 0.25) is 5.02 Å². The molecule has 1 N–H and O–H groups in total. The molecule has 144 valence electrons. The average molecular weight is 482 g/mol. The second-order valence-corrected chi connectivity index (χ2v) is 7.66. The highest BCUT2D eigenvalue weighted by Gasteiger charge is 2.12. The number of para-hydroxylation sites is 1. The first kappa shape index (κ1) is 20.3. The Morgan fingerprint density at radius 2 is 1.96 bits per heavy atom. The van der Waals surface area contributed by atoms with Crippen LogP contribution >= 0.6 is 38.9 Å². The normalized spacial score (nSPS) is 10.4. The van der Waals surface area contributed by atoms with Gasteiger partial charge in [-0.3, -0.25) is 10.1 Å². The molecule has 3 aromatic rings. The second kappa shape index (κ2) is 9.68. The second-order valence-electron chi connectivity index (χ2n) is 5.48. The van der Waals surface area contributed by atoms with E-state index in [9.17, 15) is 9.59 Å². The van der Waals surface area contributed by atoms with Gasteiger partial charge in [0.15, 0.2) is 18.3 Å². The van der Waals surface area contributed by atoms with Gasteiger partial charge in [0.25, 0.3) is 5.91 Å². The topological polar surface area (TPSA) is 77.5 Å². The Bertz CT molecular complexity index is 995. The quantitative estimate of drug-likeness (QED) is 0.491. The molecule has 0 saturated heterocycles. The van der Waals surface area contributed by atoms with Gasteiger partial charge in [0.2, 0.25) is 0 Å². The number of nitrogens with one attached hydrogen (secondary N) is 1. The fraction of sp³-hybridized carbons (Fsp3) is 0.105. The van der Waals surface area contributed by atoms with E-state index in [4.69, 9.17) is 21.1 Å². The van der Waals surface area contributed by atoms with Crippen LogP contribution in [0.5, 0.6) is 5.75 Å². The monoisotopic (exact) mass is 480 g/mol. The van der Waals surface area contributed by atoms with Gasteiger partial charge >= 0.3 is 5.97 Å². The average Bonchev–Trinajstić information content (AvgIpc) is 3.14. The van der Waals surface area contributed by atoms with E-state index in [0.717, 1.165) is 15.7 Å². The molecule has 0 spiro atoms. The third-order valence-electron chi connectivity index (χ3n) is 3.42. The van der Waals surface area contributed by atoms with Crippen LogP contribution in [0.15, 0.2) is 58.4 Å². The molecular formula is C19H14BrClN2O4S. The van der Waals surface area contributed by atoms with E-state index >= 15 is 0 Å². The Labute approximate surface area is 178 Å². The lowest BCUT2D eigenvalue weighted by Gasteiger charge is -2.08. The molecule has 9 heteroatoms. The summed E-state index contributed by atoms with van der Waals surface area (Å²) in [5.74, 6) is -0.793. The van der Waals surface area contributed by atoms with Crippen molar-refractivity contribution >= 4 is 55.9 Å². The highest BCUT2D eigenvalue weighted by atomic mass is 79.9. The first-order valence-corrected chi connectivity index (χ1v) is 10.1. The number of thiazole rings is 1. The lowest BCUT2D eigenvalue weighted by molar-refractivity contribution is -0.149. The van der Waals surface area contributed by atoms with E-state index in [1.165, 1.54) is 11.3 Å². The summed E-state index contributed by atoms with van der Waals surface area (Å²) in [6.07, 6.45) is 0. The number of amides is 1. The number of anilines is 1. The molecule has 0 aliphatic heterocycles. The van der Waals surface area contributed by atoms with Crippen LogP contribution in [0.1, 0.15) is 0 Å². The van der Waals surface area contributed by atoms with Gasteiger partial charge in [-0.1, -0.05) is 51.8 Å². The standard InChI is InChI=1S/C19H14BrClN2O4S/c20-13-5-3-4-12(8-13)15-11-28-19(22-15)23-17(24)9-27-18(25)10-26-16-7-2-1-6-14(16)21/h1-8,11H,9-10H2,(H,22,23,24). The predicted molar refractivity (Wildman–Crippen MR) is 112 cm³/mol. The SMILES string of the molecule is O=C(COC(=O)COc1ccccc1Cl)Nc1nc(-c2cccc(Br)c2)cs1. The molecule has 0 unspecified atom stereocenters. The van der Waals surface area contributed by atoms with E-state index in [2.05, 4.69) is 26.2 Å². The van der Waals surface area contributed by atoms with Crippen LogP contribution in [0, 0.1) is 0 Å². The minimum Gasteiger partial charge on any atom is -0.480 e. The number of carbonyl (C=O) groups is 2. The summed E-state index contributed by atoms with van der Waals surface area (Å²) in [6, 6.07) is 14.4. The van der Waals surface area contributed by atoms with E-state index < -0.39 is 18.5 Å². The van der Waals surface area contributed by atoms with Crippen molar-refractivity contribution in [2.45, 2.75) is 0 Å². The molecule has 1 heterocycles. The van der Waals surface area contributed by atoms with Crippen LogP contribution in [-0.2, 0) is 14.3 Å². The Balaban J connectivity index is 1.45. The van der Waals surface area contributed by atoms with Gasteiger partial charge in [0.1, 0.15) is 5.75 Å².